The highest BCUT2D eigenvalue weighted by molar-refractivity contribution is 5.90. The van der Waals surface area contributed by atoms with Gasteiger partial charge in [0.2, 0.25) is 0 Å². The van der Waals surface area contributed by atoms with Crippen LogP contribution in [0, 0.1) is 0 Å². The summed E-state index contributed by atoms with van der Waals surface area (Å²) >= 11 is 0. The molecule has 1 heterocycles. The molecule has 0 aliphatic rings. The molecule has 96 valence electrons. The van der Waals surface area contributed by atoms with Crippen molar-refractivity contribution in [2.45, 2.75) is 6.54 Å². The van der Waals surface area contributed by atoms with Crippen LogP contribution < -0.4 is 0 Å². The standard InChI is InChI=1S/C14H18N2O2/c1-4-9-16(10-5-2)11-13-12(14(17)18-3)7-6-8-15-13/h4-8H,1-2,9-11H2,3H3. The van der Waals surface area contributed by atoms with Gasteiger partial charge in [0.25, 0.3) is 0 Å². The van der Waals surface area contributed by atoms with Crippen LogP contribution in [0.3, 0.4) is 0 Å². The Labute approximate surface area is 108 Å². The molecular formula is C14H18N2O2. The molecule has 0 bridgehead atoms. The average molecular weight is 246 g/mol. The minimum Gasteiger partial charge on any atom is -0.465 e. The van der Waals surface area contributed by atoms with E-state index in [2.05, 4.69) is 23.0 Å². The number of pyridine rings is 1. The molecule has 0 amide bonds. The lowest BCUT2D eigenvalue weighted by atomic mass is 10.2. The van der Waals surface area contributed by atoms with Crippen LogP contribution in [0.1, 0.15) is 16.1 Å². The third kappa shape index (κ3) is 3.82. The molecule has 1 aromatic heterocycles. The van der Waals surface area contributed by atoms with Crippen LogP contribution in [0.5, 0.6) is 0 Å². The van der Waals surface area contributed by atoms with E-state index in [0.29, 0.717) is 30.9 Å². The predicted octanol–water partition coefficient (Wildman–Crippen LogP) is 2.04. The lowest BCUT2D eigenvalue weighted by Gasteiger charge is -2.19. The van der Waals surface area contributed by atoms with Crippen LogP contribution in [0.2, 0.25) is 0 Å². The Balaban J connectivity index is 2.90. The number of rotatable bonds is 7. The van der Waals surface area contributed by atoms with Crippen molar-refractivity contribution >= 4 is 5.97 Å². The second kappa shape index (κ2) is 7.40. The molecular weight excluding hydrogens is 228 g/mol. The van der Waals surface area contributed by atoms with Crippen molar-refractivity contribution in [3.8, 4) is 0 Å². The lowest BCUT2D eigenvalue weighted by Crippen LogP contribution is -2.25. The van der Waals surface area contributed by atoms with Gasteiger partial charge in [0.1, 0.15) is 0 Å². The van der Waals surface area contributed by atoms with Crippen molar-refractivity contribution in [2.24, 2.45) is 0 Å². The highest BCUT2D eigenvalue weighted by Gasteiger charge is 2.14. The summed E-state index contributed by atoms with van der Waals surface area (Å²) in [4.78, 5) is 17.9. The summed E-state index contributed by atoms with van der Waals surface area (Å²) in [6.45, 7) is 9.40. The fourth-order valence-electron chi connectivity index (χ4n) is 1.64. The third-order valence-electron chi connectivity index (χ3n) is 2.44. The van der Waals surface area contributed by atoms with E-state index in [4.69, 9.17) is 4.74 Å². The van der Waals surface area contributed by atoms with Crippen molar-refractivity contribution in [2.75, 3.05) is 20.2 Å². The van der Waals surface area contributed by atoms with Crippen molar-refractivity contribution < 1.29 is 9.53 Å². The molecule has 0 saturated carbocycles. The van der Waals surface area contributed by atoms with Gasteiger partial charge in [-0.05, 0) is 12.1 Å². The SMILES string of the molecule is C=CCN(CC=C)Cc1ncccc1C(=O)OC. The first-order valence-electron chi connectivity index (χ1n) is 5.69. The number of hydrogen-bond donors (Lipinski definition) is 0. The highest BCUT2D eigenvalue weighted by Crippen LogP contribution is 2.10. The fraction of sp³-hybridized carbons (Fsp3) is 0.286. The fourth-order valence-corrected chi connectivity index (χ4v) is 1.64. The van der Waals surface area contributed by atoms with Gasteiger partial charge >= 0.3 is 5.97 Å². The Morgan fingerprint density at radius 2 is 2.11 bits per heavy atom. The second-order valence-corrected chi connectivity index (χ2v) is 3.76. The van der Waals surface area contributed by atoms with E-state index in [9.17, 15) is 4.79 Å². The zero-order valence-corrected chi connectivity index (χ0v) is 10.6. The molecule has 0 spiro atoms. The van der Waals surface area contributed by atoms with E-state index < -0.39 is 0 Å². The Morgan fingerprint density at radius 1 is 1.44 bits per heavy atom. The first-order valence-corrected chi connectivity index (χ1v) is 5.69. The maximum Gasteiger partial charge on any atom is 0.339 e. The predicted molar refractivity (Wildman–Crippen MR) is 71.2 cm³/mol. The van der Waals surface area contributed by atoms with Gasteiger partial charge in [0.05, 0.1) is 18.4 Å². The minimum absolute atomic E-state index is 0.366. The van der Waals surface area contributed by atoms with E-state index in [-0.39, 0.29) is 5.97 Å². The summed E-state index contributed by atoms with van der Waals surface area (Å²) in [5.41, 5.74) is 1.20. The Morgan fingerprint density at radius 3 is 2.67 bits per heavy atom. The monoisotopic (exact) mass is 246 g/mol. The quantitative estimate of drug-likeness (QED) is 0.545. The topological polar surface area (TPSA) is 42.4 Å². The first-order chi connectivity index (χ1) is 8.72. The van der Waals surface area contributed by atoms with Crippen molar-refractivity contribution in [3.05, 3.63) is 54.9 Å². The summed E-state index contributed by atoms with van der Waals surface area (Å²) in [6, 6.07) is 3.44. The molecule has 0 saturated heterocycles. The van der Waals surface area contributed by atoms with Crippen LogP contribution in [0.25, 0.3) is 0 Å². The molecule has 0 aliphatic heterocycles. The summed E-state index contributed by atoms with van der Waals surface area (Å²) in [5, 5.41) is 0. The molecule has 0 aromatic carbocycles. The lowest BCUT2D eigenvalue weighted by molar-refractivity contribution is 0.0597. The molecule has 1 rings (SSSR count). The van der Waals surface area contributed by atoms with Gasteiger partial charge in [0, 0.05) is 25.8 Å². The van der Waals surface area contributed by atoms with Gasteiger partial charge in [0.15, 0.2) is 0 Å². The Hall–Kier alpha value is -1.94. The summed E-state index contributed by atoms with van der Waals surface area (Å²) in [5.74, 6) is -0.366. The van der Waals surface area contributed by atoms with Gasteiger partial charge in [-0.15, -0.1) is 13.2 Å². The normalized spacial score (nSPS) is 10.1. The summed E-state index contributed by atoms with van der Waals surface area (Å²) in [7, 11) is 1.37. The molecule has 4 heteroatoms. The number of esters is 1. The van der Waals surface area contributed by atoms with Gasteiger partial charge in [-0.25, -0.2) is 4.79 Å². The molecule has 0 radical (unpaired) electrons. The number of nitrogens with zero attached hydrogens (tertiary/aromatic N) is 2. The largest absolute Gasteiger partial charge is 0.465 e. The molecule has 0 fully saturated rings. The van der Waals surface area contributed by atoms with E-state index in [1.807, 2.05) is 12.2 Å². The highest BCUT2D eigenvalue weighted by atomic mass is 16.5. The third-order valence-corrected chi connectivity index (χ3v) is 2.44. The van der Waals surface area contributed by atoms with Crippen molar-refractivity contribution in [3.63, 3.8) is 0 Å². The summed E-state index contributed by atoms with van der Waals surface area (Å²) in [6.07, 6.45) is 5.29. The number of carbonyl (C=O) groups excluding carboxylic acids is 1. The van der Waals surface area contributed by atoms with E-state index >= 15 is 0 Å². The van der Waals surface area contributed by atoms with E-state index in [0.717, 1.165) is 0 Å². The molecule has 4 nitrogen and oxygen atoms in total. The van der Waals surface area contributed by atoms with Gasteiger partial charge in [-0.3, -0.25) is 9.88 Å². The summed E-state index contributed by atoms with van der Waals surface area (Å²) < 4.78 is 4.74. The number of carbonyl (C=O) groups is 1. The van der Waals surface area contributed by atoms with E-state index in [1.54, 1.807) is 18.3 Å². The number of aromatic nitrogens is 1. The molecule has 18 heavy (non-hydrogen) atoms. The van der Waals surface area contributed by atoms with Crippen molar-refractivity contribution in [1.82, 2.24) is 9.88 Å². The van der Waals surface area contributed by atoms with Gasteiger partial charge < -0.3 is 4.74 Å². The second-order valence-electron chi connectivity index (χ2n) is 3.76. The van der Waals surface area contributed by atoms with Gasteiger partial charge in [-0.1, -0.05) is 12.2 Å². The maximum absolute atomic E-state index is 11.6. The van der Waals surface area contributed by atoms with Crippen LogP contribution in [-0.2, 0) is 11.3 Å². The van der Waals surface area contributed by atoms with Crippen LogP contribution >= 0.6 is 0 Å². The molecule has 0 unspecified atom stereocenters. The first kappa shape index (κ1) is 14.1. The average Bonchev–Trinajstić information content (AvgIpc) is 2.39. The maximum atomic E-state index is 11.6. The van der Waals surface area contributed by atoms with Crippen molar-refractivity contribution in [1.29, 1.82) is 0 Å². The molecule has 0 atom stereocenters. The zero-order valence-electron chi connectivity index (χ0n) is 10.6. The Bertz CT molecular complexity index is 420. The smallest absolute Gasteiger partial charge is 0.339 e. The van der Waals surface area contributed by atoms with E-state index in [1.165, 1.54) is 7.11 Å². The zero-order chi connectivity index (χ0) is 13.4. The van der Waals surface area contributed by atoms with Crippen LogP contribution in [0.15, 0.2) is 43.6 Å². The number of methoxy groups -OCH3 is 1. The molecule has 0 aliphatic carbocycles. The van der Waals surface area contributed by atoms with Crippen LogP contribution in [0.4, 0.5) is 0 Å². The minimum atomic E-state index is -0.366. The molecule has 1 aromatic rings. The van der Waals surface area contributed by atoms with Gasteiger partial charge in [-0.2, -0.15) is 0 Å². The molecule has 0 N–H and O–H groups in total. The Kier molecular flexibility index (Phi) is 5.80. The number of ether oxygens (including phenoxy) is 1. The van der Waals surface area contributed by atoms with Crippen LogP contribution in [-0.4, -0.2) is 36.1 Å². The number of hydrogen-bond acceptors (Lipinski definition) is 4.